The molecule has 1 amide bonds. The Hall–Kier alpha value is -2.44. The van der Waals surface area contributed by atoms with Crippen LogP contribution in [0.1, 0.15) is 17.3 Å². The number of anilines is 1. The number of hydrogen-bond acceptors (Lipinski definition) is 5. The largest absolute Gasteiger partial charge is 0.357 e. The molecule has 0 bridgehead atoms. The summed E-state index contributed by atoms with van der Waals surface area (Å²) in [6.07, 6.45) is 0.571. The summed E-state index contributed by atoms with van der Waals surface area (Å²) in [5.74, 6) is -0.124. The maximum Gasteiger partial charge on any atom is 0.270 e. The van der Waals surface area contributed by atoms with E-state index in [-0.39, 0.29) is 17.2 Å². The van der Waals surface area contributed by atoms with E-state index in [0.29, 0.717) is 25.1 Å². The zero-order chi connectivity index (χ0) is 14.0. The van der Waals surface area contributed by atoms with E-state index in [1.807, 2.05) is 0 Å². The first-order chi connectivity index (χ1) is 9.04. The van der Waals surface area contributed by atoms with Gasteiger partial charge >= 0.3 is 0 Å². The van der Waals surface area contributed by atoms with Gasteiger partial charge in [-0.25, -0.2) is 0 Å². The number of nitro groups is 1. The third-order valence-corrected chi connectivity index (χ3v) is 3.16. The molecule has 1 atom stereocenters. The van der Waals surface area contributed by atoms with Gasteiger partial charge in [-0.15, -0.1) is 0 Å². The second-order valence-corrected chi connectivity index (χ2v) is 4.28. The Labute approximate surface area is 109 Å². The van der Waals surface area contributed by atoms with Gasteiger partial charge in [-0.3, -0.25) is 19.7 Å². The molecule has 0 aliphatic carbocycles. The molecule has 1 N–H and O–H groups in total. The molecule has 7 heteroatoms. The van der Waals surface area contributed by atoms with Crippen LogP contribution in [0.5, 0.6) is 0 Å². The quantitative estimate of drug-likeness (QED) is 0.493. The molecule has 1 aromatic carbocycles. The van der Waals surface area contributed by atoms with E-state index in [0.717, 1.165) is 0 Å². The molecule has 19 heavy (non-hydrogen) atoms. The Bertz CT molecular complexity index is 544. The van der Waals surface area contributed by atoms with Crippen molar-refractivity contribution in [2.45, 2.75) is 13.0 Å². The van der Waals surface area contributed by atoms with E-state index in [4.69, 9.17) is 0 Å². The van der Waals surface area contributed by atoms with E-state index < -0.39 is 11.0 Å². The van der Waals surface area contributed by atoms with Crippen LogP contribution in [0.3, 0.4) is 0 Å². The molecule has 1 heterocycles. The molecule has 1 saturated heterocycles. The maximum atomic E-state index is 11.6. The number of hydrogen-bond donors (Lipinski definition) is 1. The smallest absolute Gasteiger partial charge is 0.270 e. The van der Waals surface area contributed by atoms with Crippen LogP contribution in [0.4, 0.5) is 11.4 Å². The zero-order valence-electron chi connectivity index (χ0n) is 10.3. The van der Waals surface area contributed by atoms with Crippen molar-refractivity contribution in [3.05, 3.63) is 33.9 Å². The van der Waals surface area contributed by atoms with Crippen molar-refractivity contribution < 1.29 is 14.5 Å². The van der Waals surface area contributed by atoms with Gasteiger partial charge in [0, 0.05) is 36.5 Å². The summed E-state index contributed by atoms with van der Waals surface area (Å²) >= 11 is 0. The number of benzene rings is 1. The summed E-state index contributed by atoms with van der Waals surface area (Å²) in [5, 5.41) is 13.4. The summed E-state index contributed by atoms with van der Waals surface area (Å²) in [4.78, 5) is 34.6. The molecule has 1 aromatic rings. The summed E-state index contributed by atoms with van der Waals surface area (Å²) < 4.78 is 0. The van der Waals surface area contributed by atoms with Gasteiger partial charge in [-0.1, -0.05) is 0 Å². The van der Waals surface area contributed by atoms with Gasteiger partial charge < -0.3 is 10.2 Å². The number of piperazine rings is 1. The van der Waals surface area contributed by atoms with Crippen molar-refractivity contribution in [2.75, 3.05) is 18.0 Å². The average molecular weight is 263 g/mol. The SMILES string of the molecule is CC1C(=O)NCCN1c1ccc([N+](=O)[O-])cc1C=O. The molecular weight excluding hydrogens is 250 g/mol. The maximum absolute atomic E-state index is 11.6. The highest BCUT2D eigenvalue weighted by atomic mass is 16.6. The highest BCUT2D eigenvalue weighted by molar-refractivity contribution is 5.91. The first kappa shape index (κ1) is 13.0. The normalized spacial score (nSPS) is 18.9. The Morgan fingerprint density at radius 1 is 1.53 bits per heavy atom. The van der Waals surface area contributed by atoms with Gasteiger partial charge in [0.05, 0.1) is 4.92 Å². The highest BCUT2D eigenvalue weighted by Crippen LogP contribution is 2.26. The van der Waals surface area contributed by atoms with E-state index >= 15 is 0 Å². The van der Waals surface area contributed by atoms with Crippen molar-refractivity contribution in [1.29, 1.82) is 0 Å². The monoisotopic (exact) mass is 263 g/mol. The number of carbonyl (C=O) groups excluding carboxylic acids is 2. The summed E-state index contributed by atoms with van der Waals surface area (Å²) in [5.41, 5.74) is 0.624. The van der Waals surface area contributed by atoms with Gasteiger partial charge in [0.2, 0.25) is 5.91 Å². The number of amides is 1. The average Bonchev–Trinajstić information content (AvgIpc) is 2.41. The van der Waals surface area contributed by atoms with Crippen molar-refractivity contribution in [3.63, 3.8) is 0 Å². The topological polar surface area (TPSA) is 92.6 Å². The predicted molar refractivity (Wildman–Crippen MR) is 68.3 cm³/mol. The van der Waals surface area contributed by atoms with Crippen LogP contribution in [0.2, 0.25) is 0 Å². The van der Waals surface area contributed by atoms with E-state index in [2.05, 4.69) is 5.32 Å². The lowest BCUT2D eigenvalue weighted by Crippen LogP contribution is -2.54. The first-order valence-corrected chi connectivity index (χ1v) is 5.82. The number of nitro benzene ring substituents is 1. The molecule has 7 nitrogen and oxygen atoms in total. The predicted octanol–water partition coefficient (Wildman–Crippen LogP) is 0.732. The molecule has 1 fully saturated rings. The third kappa shape index (κ3) is 2.40. The van der Waals surface area contributed by atoms with Gasteiger partial charge in [-0.2, -0.15) is 0 Å². The first-order valence-electron chi connectivity index (χ1n) is 5.82. The van der Waals surface area contributed by atoms with Crippen molar-refractivity contribution in [1.82, 2.24) is 5.32 Å². The summed E-state index contributed by atoms with van der Waals surface area (Å²) in [6, 6.07) is 3.66. The summed E-state index contributed by atoms with van der Waals surface area (Å²) in [7, 11) is 0. The Morgan fingerprint density at radius 3 is 2.89 bits per heavy atom. The van der Waals surface area contributed by atoms with Gasteiger partial charge in [0.15, 0.2) is 6.29 Å². The van der Waals surface area contributed by atoms with Crippen LogP contribution in [0.15, 0.2) is 18.2 Å². The van der Waals surface area contributed by atoms with E-state index in [1.54, 1.807) is 11.8 Å². The molecular formula is C12H13N3O4. The fourth-order valence-electron chi connectivity index (χ4n) is 2.12. The second-order valence-electron chi connectivity index (χ2n) is 4.28. The molecule has 2 rings (SSSR count). The van der Waals surface area contributed by atoms with Crippen LogP contribution >= 0.6 is 0 Å². The molecule has 0 aromatic heterocycles. The van der Waals surface area contributed by atoms with Gasteiger partial charge in [0.1, 0.15) is 6.04 Å². The molecule has 100 valence electrons. The molecule has 1 aliphatic rings. The van der Waals surface area contributed by atoms with Crippen LogP contribution in [0.25, 0.3) is 0 Å². The van der Waals surface area contributed by atoms with Crippen LogP contribution in [-0.4, -0.2) is 36.2 Å². The van der Waals surface area contributed by atoms with Crippen molar-refractivity contribution >= 4 is 23.6 Å². The molecule has 1 unspecified atom stereocenters. The van der Waals surface area contributed by atoms with E-state index in [9.17, 15) is 19.7 Å². The van der Waals surface area contributed by atoms with E-state index in [1.165, 1.54) is 18.2 Å². The number of nitrogens with one attached hydrogen (secondary N) is 1. The van der Waals surface area contributed by atoms with Crippen molar-refractivity contribution in [3.8, 4) is 0 Å². The minimum absolute atomic E-state index is 0.124. The molecule has 0 radical (unpaired) electrons. The standard InChI is InChI=1S/C12H13N3O4/c1-8-12(17)13-4-5-14(8)11-3-2-10(15(18)19)6-9(11)7-16/h2-3,6-8H,4-5H2,1H3,(H,13,17). The summed E-state index contributed by atoms with van der Waals surface area (Å²) in [6.45, 7) is 2.77. The lowest BCUT2D eigenvalue weighted by molar-refractivity contribution is -0.384. The Morgan fingerprint density at radius 2 is 2.26 bits per heavy atom. The Kier molecular flexibility index (Phi) is 3.46. The van der Waals surface area contributed by atoms with Crippen molar-refractivity contribution in [2.24, 2.45) is 0 Å². The molecule has 1 aliphatic heterocycles. The van der Waals surface area contributed by atoms with Gasteiger partial charge in [0.25, 0.3) is 5.69 Å². The third-order valence-electron chi connectivity index (χ3n) is 3.16. The number of carbonyl (C=O) groups is 2. The van der Waals surface area contributed by atoms with Crippen LogP contribution in [-0.2, 0) is 4.79 Å². The Balaban J connectivity index is 2.41. The molecule has 0 spiro atoms. The number of aldehydes is 1. The lowest BCUT2D eigenvalue weighted by Gasteiger charge is -2.35. The molecule has 0 saturated carbocycles. The fraction of sp³-hybridized carbons (Fsp3) is 0.333. The minimum Gasteiger partial charge on any atom is -0.357 e. The number of rotatable bonds is 3. The zero-order valence-corrected chi connectivity index (χ0v) is 10.3. The highest BCUT2D eigenvalue weighted by Gasteiger charge is 2.27. The lowest BCUT2D eigenvalue weighted by atomic mass is 10.1. The minimum atomic E-state index is -0.552. The fourth-order valence-corrected chi connectivity index (χ4v) is 2.12. The second kappa shape index (κ2) is 5.05. The van der Waals surface area contributed by atoms with Gasteiger partial charge in [-0.05, 0) is 13.0 Å². The van der Waals surface area contributed by atoms with Crippen LogP contribution in [0, 0.1) is 10.1 Å². The van der Waals surface area contributed by atoms with Crippen LogP contribution < -0.4 is 10.2 Å². The number of nitrogens with zero attached hydrogens (tertiary/aromatic N) is 2. The number of non-ortho nitro benzene ring substituents is 1.